The van der Waals surface area contributed by atoms with Crippen LogP contribution in [0.4, 0.5) is 11.5 Å². The molecule has 0 radical (unpaired) electrons. The first kappa shape index (κ1) is 10.7. The molecule has 1 fully saturated rings. The molecule has 2 heterocycles. The van der Waals surface area contributed by atoms with E-state index in [9.17, 15) is 4.79 Å². The quantitative estimate of drug-likeness (QED) is 0.684. The van der Waals surface area contributed by atoms with E-state index in [2.05, 4.69) is 15.3 Å². The molecular weight excluding hydrogens is 206 g/mol. The molecule has 0 spiro atoms. The van der Waals surface area contributed by atoms with Crippen LogP contribution >= 0.6 is 0 Å². The fourth-order valence-electron chi connectivity index (χ4n) is 1.83. The Hall–Kier alpha value is -1.85. The molecule has 2 rings (SSSR count). The number of rotatable bonds is 1. The van der Waals surface area contributed by atoms with Gasteiger partial charge in [0, 0.05) is 13.1 Å². The number of nitrogens with one attached hydrogen (secondary N) is 1. The predicted molar refractivity (Wildman–Crippen MR) is 60.9 cm³/mol. The summed E-state index contributed by atoms with van der Waals surface area (Å²) in [5, 5.41) is 2.83. The number of nitrogens with zero attached hydrogens (tertiary/aromatic N) is 3. The van der Waals surface area contributed by atoms with E-state index in [0.717, 1.165) is 0 Å². The number of piperazine rings is 1. The maximum absolute atomic E-state index is 11.8. The van der Waals surface area contributed by atoms with E-state index in [1.54, 1.807) is 6.20 Å². The number of nitrogen functional groups attached to an aromatic ring is 1. The number of hydrogen-bond donors (Lipinski definition) is 2. The smallest absolute Gasteiger partial charge is 0.245 e. The zero-order chi connectivity index (χ0) is 11.8. The van der Waals surface area contributed by atoms with Crippen LogP contribution in [0.25, 0.3) is 0 Å². The number of aromatic nitrogens is 2. The Bertz CT molecular complexity index is 417. The molecule has 0 atom stereocenters. The van der Waals surface area contributed by atoms with Gasteiger partial charge in [-0.2, -0.15) is 0 Å². The van der Waals surface area contributed by atoms with Crippen LogP contribution in [0.1, 0.15) is 13.8 Å². The van der Waals surface area contributed by atoms with E-state index in [4.69, 9.17) is 5.73 Å². The van der Waals surface area contributed by atoms with Crippen molar-refractivity contribution in [3.63, 3.8) is 0 Å². The fourth-order valence-corrected chi connectivity index (χ4v) is 1.83. The molecule has 86 valence electrons. The van der Waals surface area contributed by atoms with Gasteiger partial charge in [0.25, 0.3) is 0 Å². The third-order valence-corrected chi connectivity index (χ3v) is 2.83. The maximum Gasteiger partial charge on any atom is 0.245 e. The second-order valence-corrected chi connectivity index (χ2v) is 4.27. The average Bonchev–Trinajstić information content (AvgIpc) is 2.24. The molecule has 1 aliphatic rings. The highest BCUT2D eigenvalue weighted by molar-refractivity contribution is 5.91. The van der Waals surface area contributed by atoms with Gasteiger partial charge in [0.15, 0.2) is 5.82 Å². The Morgan fingerprint density at radius 2 is 2.31 bits per heavy atom. The molecule has 1 aliphatic heterocycles. The van der Waals surface area contributed by atoms with Crippen molar-refractivity contribution in [1.29, 1.82) is 0 Å². The van der Waals surface area contributed by atoms with Crippen molar-refractivity contribution in [2.45, 2.75) is 19.4 Å². The molecule has 0 aromatic carbocycles. The number of nitrogens with two attached hydrogens (primary N) is 1. The normalized spacial score (nSPS) is 19.4. The second-order valence-electron chi connectivity index (χ2n) is 4.27. The van der Waals surface area contributed by atoms with Gasteiger partial charge in [0.05, 0.1) is 11.9 Å². The topological polar surface area (TPSA) is 84.1 Å². The lowest BCUT2D eigenvalue weighted by Gasteiger charge is -2.42. The Labute approximate surface area is 93.9 Å². The minimum atomic E-state index is -0.638. The van der Waals surface area contributed by atoms with Gasteiger partial charge in [-0.3, -0.25) is 4.79 Å². The van der Waals surface area contributed by atoms with Crippen molar-refractivity contribution in [2.75, 3.05) is 23.7 Å². The highest BCUT2D eigenvalue weighted by Gasteiger charge is 2.39. The molecule has 0 aliphatic carbocycles. The number of carbonyl (C=O) groups excluding carboxylic acids is 1. The lowest BCUT2D eigenvalue weighted by atomic mass is 9.99. The van der Waals surface area contributed by atoms with E-state index in [0.29, 0.717) is 24.6 Å². The molecule has 0 saturated carbocycles. The largest absolute Gasteiger partial charge is 0.394 e. The molecule has 1 aromatic rings. The van der Waals surface area contributed by atoms with Crippen molar-refractivity contribution in [1.82, 2.24) is 15.3 Å². The lowest BCUT2D eigenvalue weighted by molar-refractivity contribution is -0.126. The van der Waals surface area contributed by atoms with E-state index >= 15 is 0 Å². The van der Waals surface area contributed by atoms with Crippen molar-refractivity contribution < 1.29 is 4.79 Å². The third kappa shape index (κ3) is 1.56. The van der Waals surface area contributed by atoms with Crippen molar-refractivity contribution in [3.8, 4) is 0 Å². The molecule has 0 unspecified atom stereocenters. The number of carbonyl (C=O) groups is 1. The molecule has 1 saturated heterocycles. The van der Waals surface area contributed by atoms with Crippen LogP contribution in [0.2, 0.25) is 0 Å². The number of amides is 1. The van der Waals surface area contributed by atoms with Gasteiger partial charge in [-0.05, 0) is 13.8 Å². The summed E-state index contributed by atoms with van der Waals surface area (Å²) in [6, 6.07) is 0. The van der Waals surface area contributed by atoms with Gasteiger partial charge in [-0.15, -0.1) is 0 Å². The van der Waals surface area contributed by atoms with Gasteiger partial charge in [-0.1, -0.05) is 0 Å². The molecular formula is C10H15N5O. The van der Waals surface area contributed by atoms with Crippen LogP contribution in [0, 0.1) is 0 Å². The van der Waals surface area contributed by atoms with E-state index in [1.165, 1.54) is 6.33 Å². The van der Waals surface area contributed by atoms with Gasteiger partial charge in [0.1, 0.15) is 11.9 Å². The highest BCUT2D eigenvalue weighted by atomic mass is 16.2. The summed E-state index contributed by atoms with van der Waals surface area (Å²) in [6.07, 6.45) is 2.99. The van der Waals surface area contributed by atoms with Crippen molar-refractivity contribution >= 4 is 17.4 Å². The Balaban J connectivity index is 2.40. The molecule has 1 aromatic heterocycles. The summed E-state index contributed by atoms with van der Waals surface area (Å²) in [6.45, 7) is 5.00. The van der Waals surface area contributed by atoms with Gasteiger partial charge in [-0.25, -0.2) is 9.97 Å². The van der Waals surface area contributed by atoms with Crippen LogP contribution < -0.4 is 16.0 Å². The van der Waals surface area contributed by atoms with E-state index in [-0.39, 0.29) is 5.91 Å². The van der Waals surface area contributed by atoms with E-state index < -0.39 is 5.54 Å². The molecule has 6 heteroatoms. The predicted octanol–water partition coefficient (Wildman–Crippen LogP) is -0.226. The molecule has 0 bridgehead atoms. The first-order valence-corrected chi connectivity index (χ1v) is 5.15. The minimum absolute atomic E-state index is 0.0169. The van der Waals surface area contributed by atoms with Crippen LogP contribution in [-0.4, -0.2) is 34.5 Å². The molecule has 1 amide bonds. The molecule has 6 nitrogen and oxygen atoms in total. The Morgan fingerprint density at radius 1 is 1.56 bits per heavy atom. The zero-order valence-corrected chi connectivity index (χ0v) is 9.40. The van der Waals surface area contributed by atoms with Crippen LogP contribution in [0.3, 0.4) is 0 Å². The summed E-state index contributed by atoms with van der Waals surface area (Å²) < 4.78 is 0. The van der Waals surface area contributed by atoms with Gasteiger partial charge >= 0.3 is 0 Å². The maximum atomic E-state index is 11.8. The SMILES string of the molecule is CC1(C)C(=O)NCCN1c1ncncc1N. The van der Waals surface area contributed by atoms with E-state index in [1.807, 2.05) is 18.7 Å². The summed E-state index contributed by atoms with van der Waals surface area (Å²) in [4.78, 5) is 21.7. The standard InChI is InChI=1S/C10H15N5O/c1-10(2)9(16)13-3-4-15(10)8-7(11)5-12-6-14-8/h5-6H,3-4,11H2,1-2H3,(H,13,16). The Kier molecular flexibility index (Phi) is 2.41. The zero-order valence-electron chi connectivity index (χ0n) is 9.40. The van der Waals surface area contributed by atoms with Crippen molar-refractivity contribution in [3.05, 3.63) is 12.5 Å². The first-order valence-electron chi connectivity index (χ1n) is 5.15. The van der Waals surface area contributed by atoms with Gasteiger partial charge in [0.2, 0.25) is 5.91 Å². The minimum Gasteiger partial charge on any atom is -0.394 e. The summed E-state index contributed by atoms with van der Waals surface area (Å²) in [5.74, 6) is 0.603. The molecule has 3 N–H and O–H groups in total. The van der Waals surface area contributed by atoms with Crippen LogP contribution in [-0.2, 0) is 4.79 Å². The number of anilines is 2. The van der Waals surface area contributed by atoms with Crippen LogP contribution in [0.5, 0.6) is 0 Å². The Morgan fingerprint density at radius 3 is 3.00 bits per heavy atom. The summed E-state index contributed by atoms with van der Waals surface area (Å²) in [7, 11) is 0. The second kappa shape index (κ2) is 3.62. The highest BCUT2D eigenvalue weighted by Crippen LogP contribution is 2.27. The van der Waals surface area contributed by atoms with Gasteiger partial charge < -0.3 is 16.0 Å². The molecule has 16 heavy (non-hydrogen) atoms. The first-order chi connectivity index (χ1) is 7.53. The summed E-state index contributed by atoms with van der Waals surface area (Å²) in [5.41, 5.74) is 5.67. The third-order valence-electron chi connectivity index (χ3n) is 2.83. The number of hydrogen-bond acceptors (Lipinski definition) is 5. The monoisotopic (exact) mass is 221 g/mol. The average molecular weight is 221 g/mol. The fraction of sp³-hybridized carbons (Fsp3) is 0.500. The van der Waals surface area contributed by atoms with Crippen molar-refractivity contribution in [2.24, 2.45) is 0 Å². The van der Waals surface area contributed by atoms with Crippen LogP contribution in [0.15, 0.2) is 12.5 Å². The lowest BCUT2D eigenvalue weighted by Crippen LogP contribution is -2.62. The summed E-state index contributed by atoms with van der Waals surface area (Å²) >= 11 is 0.